The molecular formula is C25H33N5O3. The van der Waals surface area contributed by atoms with Gasteiger partial charge in [-0.1, -0.05) is 6.92 Å². The highest BCUT2D eigenvalue weighted by molar-refractivity contribution is 5.73. The van der Waals surface area contributed by atoms with E-state index in [9.17, 15) is 10.1 Å². The van der Waals surface area contributed by atoms with Crippen molar-refractivity contribution in [2.75, 3.05) is 25.4 Å². The number of benzene rings is 1. The Labute approximate surface area is 195 Å². The number of nitrogen functional groups attached to an aromatic ring is 1. The smallest absolute Gasteiger partial charge is 0.410 e. The molecule has 0 radical (unpaired) electrons. The number of carbonyl (C=O) groups excluding carboxylic acids is 1. The summed E-state index contributed by atoms with van der Waals surface area (Å²) in [5.41, 5.74) is 7.78. The van der Waals surface area contributed by atoms with Crippen molar-refractivity contribution in [1.29, 1.82) is 5.26 Å². The molecule has 1 saturated heterocycles. The van der Waals surface area contributed by atoms with Crippen molar-refractivity contribution < 1.29 is 14.3 Å². The molecule has 0 atom stereocenters. The summed E-state index contributed by atoms with van der Waals surface area (Å²) in [6.07, 6.45) is 3.40. The van der Waals surface area contributed by atoms with Crippen LogP contribution >= 0.6 is 0 Å². The highest BCUT2D eigenvalue weighted by Gasteiger charge is 2.51. The second-order valence-corrected chi connectivity index (χ2v) is 10.3. The molecule has 1 aromatic heterocycles. The number of anilines is 1. The Balaban J connectivity index is 1.46. The maximum absolute atomic E-state index is 12.4. The molecule has 2 fully saturated rings. The topological polar surface area (TPSA) is 106 Å². The van der Waals surface area contributed by atoms with Crippen LogP contribution in [0.5, 0.6) is 5.75 Å². The summed E-state index contributed by atoms with van der Waals surface area (Å²) in [5, 5.41) is 14.5. The van der Waals surface area contributed by atoms with Gasteiger partial charge in [0.25, 0.3) is 0 Å². The number of aromatic nitrogens is 2. The number of hydrogen-bond acceptors (Lipinski definition) is 6. The zero-order valence-electron chi connectivity index (χ0n) is 19.9. The van der Waals surface area contributed by atoms with Crippen LogP contribution in [0.3, 0.4) is 0 Å². The van der Waals surface area contributed by atoms with Crippen LogP contribution in [0, 0.1) is 16.7 Å². The second-order valence-electron chi connectivity index (χ2n) is 10.3. The van der Waals surface area contributed by atoms with Crippen LogP contribution < -0.4 is 10.5 Å². The monoisotopic (exact) mass is 451 g/mol. The lowest BCUT2D eigenvalue weighted by molar-refractivity contribution is 0.0188. The molecule has 0 unspecified atom stereocenters. The van der Waals surface area contributed by atoms with Gasteiger partial charge in [-0.2, -0.15) is 10.4 Å². The van der Waals surface area contributed by atoms with Crippen molar-refractivity contribution in [3.8, 4) is 23.1 Å². The Hall–Kier alpha value is -3.21. The molecule has 0 bridgehead atoms. The van der Waals surface area contributed by atoms with Gasteiger partial charge >= 0.3 is 6.09 Å². The SMILES string of the molecule is CCCOc1ccc(-c2nn([C@H]3C[C@@]4(CCN(C(=O)OC(C)(C)C)C4)C3)c(N)c2C#N)cc1. The van der Waals surface area contributed by atoms with Gasteiger partial charge in [-0.05, 0) is 76.1 Å². The van der Waals surface area contributed by atoms with Crippen molar-refractivity contribution in [2.45, 2.75) is 65.0 Å². The Kier molecular flexibility index (Phi) is 6.00. The van der Waals surface area contributed by atoms with Gasteiger partial charge in [0.2, 0.25) is 0 Å². The average molecular weight is 452 g/mol. The van der Waals surface area contributed by atoms with Crippen molar-refractivity contribution in [1.82, 2.24) is 14.7 Å². The number of ether oxygens (including phenoxy) is 2. The van der Waals surface area contributed by atoms with Gasteiger partial charge < -0.3 is 20.1 Å². The van der Waals surface area contributed by atoms with Crippen molar-refractivity contribution in [2.24, 2.45) is 5.41 Å². The molecular weight excluding hydrogens is 418 g/mol. The van der Waals surface area contributed by atoms with Gasteiger partial charge in [0.05, 0.1) is 12.6 Å². The van der Waals surface area contributed by atoms with E-state index in [-0.39, 0.29) is 17.6 Å². The molecule has 33 heavy (non-hydrogen) atoms. The third-order valence-corrected chi connectivity index (χ3v) is 6.43. The van der Waals surface area contributed by atoms with E-state index in [4.69, 9.17) is 20.3 Å². The van der Waals surface area contributed by atoms with E-state index in [1.54, 1.807) is 4.68 Å². The Bertz CT molecular complexity index is 1060. The number of likely N-dealkylation sites (tertiary alicyclic amines) is 1. The van der Waals surface area contributed by atoms with E-state index in [0.717, 1.165) is 37.0 Å². The average Bonchev–Trinajstić information content (AvgIpc) is 3.32. The van der Waals surface area contributed by atoms with Crippen molar-refractivity contribution in [3.63, 3.8) is 0 Å². The van der Waals surface area contributed by atoms with Crippen LogP contribution in [0.1, 0.15) is 65.0 Å². The van der Waals surface area contributed by atoms with E-state index in [1.807, 2.05) is 49.9 Å². The predicted molar refractivity (Wildman–Crippen MR) is 126 cm³/mol. The molecule has 8 nitrogen and oxygen atoms in total. The van der Waals surface area contributed by atoms with Crippen molar-refractivity contribution >= 4 is 11.9 Å². The second kappa shape index (κ2) is 8.62. The molecule has 1 spiro atoms. The maximum atomic E-state index is 12.4. The van der Waals surface area contributed by atoms with E-state index in [2.05, 4.69) is 13.0 Å². The lowest BCUT2D eigenvalue weighted by Gasteiger charge is -2.45. The van der Waals surface area contributed by atoms with Gasteiger partial charge in [-0.25, -0.2) is 9.48 Å². The number of nitrogens with zero attached hydrogens (tertiary/aromatic N) is 4. The molecule has 4 rings (SSSR count). The number of hydrogen-bond donors (Lipinski definition) is 1. The van der Waals surface area contributed by atoms with E-state index in [1.165, 1.54) is 0 Å². The molecule has 176 valence electrons. The maximum Gasteiger partial charge on any atom is 0.410 e. The molecule has 8 heteroatoms. The fourth-order valence-electron chi connectivity index (χ4n) is 4.83. The van der Waals surface area contributed by atoms with Gasteiger partial charge in [-0.15, -0.1) is 0 Å². The third-order valence-electron chi connectivity index (χ3n) is 6.43. The first kappa shape index (κ1) is 23.0. The first-order valence-corrected chi connectivity index (χ1v) is 11.6. The number of carbonyl (C=O) groups is 1. The van der Waals surface area contributed by atoms with Crippen LogP contribution in [0.4, 0.5) is 10.6 Å². The fraction of sp³-hybridized carbons (Fsp3) is 0.560. The normalized spacial score (nSPS) is 22.2. The summed E-state index contributed by atoms with van der Waals surface area (Å²) >= 11 is 0. The first-order valence-electron chi connectivity index (χ1n) is 11.6. The minimum Gasteiger partial charge on any atom is -0.494 e. The molecule has 2 aliphatic rings. The summed E-state index contributed by atoms with van der Waals surface area (Å²) in [6, 6.07) is 9.96. The van der Waals surface area contributed by atoms with Gasteiger partial charge in [0.1, 0.15) is 34.5 Å². The molecule has 1 aromatic carbocycles. The Morgan fingerprint density at radius 2 is 2.00 bits per heavy atom. The fourth-order valence-corrected chi connectivity index (χ4v) is 4.83. The van der Waals surface area contributed by atoms with Gasteiger partial charge in [0.15, 0.2) is 0 Å². The molecule has 1 aliphatic heterocycles. The molecule has 2 heterocycles. The lowest BCUT2D eigenvalue weighted by atomic mass is 9.65. The van der Waals surface area contributed by atoms with Crippen LogP contribution in [-0.2, 0) is 4.74 Å². The van der Waals surface area contributed by atoms with Crippen LogP contribution in [0.15, 0.2) is 24.3 Å². The minimum absolute atomic E-state index is 0.0746. The predicted octanol–water partition coefficient (Wildman–Crippen LogP) is 4.75. The number of amides is 1. The first-order chi connectivity index (χ1) is 15.6. The third kappa shape index (κ3) is 4.63. The number of nitriles is 1. The Morgan fingerprint density at radius 3 is 2.61 bits per heavy atom. The summed E-state index contributed by atoms with van der Waals surface area (Å²) in [7, 11) is 0. The van der Waals surface area contributed by atoms with Crippen LogP contribution in [-0.4, -0.2) is 46.1 Å². The standard InChI is InChI=1S/C25H33N5O3/c1-5-12-32-19-8-6-17(7-9-19)21-20(15-26)22(27)30(28-21)18-13-25(14-18)10-11-29(16-25)23(31)33-24(2,3)4/h6-9,18H,5,10-14,16,27H2,1-4H3/t18-,25-. The lowest BCUT2D eigenvalue weighted by Crippen LogP contribution is -2.43. The summed E-state index contributed by atoms with van der Waals surface area (Å²) in [5.74, 6) is 1.20. The number of nitrogens with two attached hydrogens (primary N) is 1. The summed E-state index contributed by atoms with van der Waals surface area (Å²) < 4.78 is 13.0. The highest BCUT2D eigenvalue weighted by atomic mass is 16.6. The molecule has 2 aromatic rings. The zero-order valence-corrected chi connectivity index (χ0v) is 19.9. The summed E-state index contributed by atoms with van der Waals surface area (Å²) in [6.45, 7) is 9.77. The molecule has 1 amide bonds. The minimum atomic E-state index is -0.497. The zero-order chi connectivity index (χ0) is 23.8. The van der Waals surface area contributed by atoms with Crippen molar-refractivity contribution in [3.05, 3.63) is 29.8 Å². The molecule has 2 N–H and O–H groups in total. The summed E-state index contributed by atoms with van der Waals surface area (Å²) in [4.78, 5) is 14.2. The van der Waals surface area contributed by atoms with E-state index >= 15 is 0 Å². The van der Waals surface area contributed by atoms with Gasteiger partial charge in [0, 0.05) is 18.7 Å². The van der Waals surface area contributed by atoms with Crippen LogP contribution in [0.25, 0.3) is 11.3 Å². The molecule has 1 saturated carbocycles. The van der Waals surface area contributed by atoms with Gasteiger partial charge in [-0.3, -0.25) is 0 Å². The largest absolute Gasteiger partial charge is 0.494 e. The van der Waals surface area contributed by atoms with Crippen LogP contribution in [0.2, 0.25) is 0 Å². The quantitative estimate of drug-likeness (QED) is 0.703. The van der Waals surface area contributed by atoms with E-state index in [0.29, 0.717) is 36.8 Å². The Morgan fingerprint density at radius 1 is 1.30 bits per heavy atom. The highest BCUT2D eigenvalue weighted by Crippen LogP contribution is 2.54. The number of rotatable bonds is 5. The van der Waals surface area contributed by atoms with E-state index < -0.39 is 5.60 Å². The molecule has 1 aliphatic carbocycles.